The molecule has 1 heterocycles. The third-order valence-electron chi connectivity index (χ3n) is 1.74. The van der Waals surface area contributed by atoms with Crippen molar-refractivity contribution in [2.45, 2.75) is 11.4 Å². The van der Waals surface area contributed by atoms with Gasteiger partial charge in [0, 0.05) is 19.1 Å². The Morgan fingerprint density at radius 1 is 1.73 bits per heavy atom. The summed E-state index contributed by atoms with van der Waals surface area (Å²) in [5.41, 5.74) is 0.114. The van der Waals surface area contributed by atoms with Crippen molar-refractivity contribution in [1.82, 2.24) is 4.98 Å². The van der Waals surface area contributed by atoms with Gasteiger partial charge in [-0.15, -0.1) is 11.8 Å². The first kappa shape index (κ1) is 12.2. The Hall–Kier alpha value is -0.850. The summed E-state index contributed by atoms with van der Waals surface area (Å²) >= 11 is 7.10. The zero-order valence-electron chi connectivity index (χ0n) is 7.94. The Balaban J connectivity index is 3.25. The minimum Gasteiger partial charge on any atom is -0.396 e. The molecule has 1 aromatic rings. The van der Waals surface area contributed by atoms with Crippen molar-refractivity contribution in [1.29, 1.82) is 0 Å². The number of nitrogens with zero attached hydrogens (tertiary/aromatic N) is 2. The lowest BCUT2D eigenvalue weighted by molar-refractivity contribution is -0.386. The highest BCUT2D eigenvalue weighted by atomic mass is 35.5. The van der Waals surface area contributed by atoms with Crippen LogP contribution in [0.4, 0.5) is 5.69 Å². The zero-order valence-corrected chi connectivity index (χ0v) is 9.51. The van der Waals surface area contributed by atoms with E-state index in [-0.39, 0.29) is 29.4 Å². The van der Waals surface area contributed by atoms with Crippen LogP contribution in [0.2, 0.25) is 5.02 Å². The summed E-state index contributed by atoms with van der Waals surface area (Å²) in [5, 5.41) is 20.2. The van der Waals surface area contributed by atoms with Crippen LogP contribution in [0, 0.1) is 10.1 Å². The number of hydrogen-bond acceptors (Lipinski definition) is 5. The van der Waals surface area contributed by atoms with Crippen LogP contribution in [-0.4, -0.2) is 27.9 Å². The van der Waals surface area contributed by atoms with Crippen molar-refractivity contribution < 1.29 is 10.0 Å². The molecule has 0 spiro atoms. The van der Waals surface area contributed by atoms with Crippen molar-refractivity contribution in [2.75, 3.05) is 12.9 Å². The maximum absolute atomic E-state index is 10.7. The number of nitro groups is 1. The molecule has 0 aliphatic rings. The average molecular weight is 249 g/mol. The summed E-state index contributed by atoms with van der Waals surface area (Å²) in [5.74, 6) is 0. The van der Waals surface area contributed by atoms with Crippen molar-refractivity contribution in [3.05, 3.63) is 26.9 Å². The Kier molecular flexibility index (Phi) is 4.31. The number of halogens is 1. The van der Waals surface area contributed by atoms with E-state index in [1.54, 1.807) is 6.26 Å². The molecule has 0 bridgehead atoms. The van der Waals surface area contributed by atoms with Gasteiger partial charge in [0.15, 0.2) is 0 Å². The van der Waals surface area contributed by atoms with Gasteiger partial charge in [-0.3, -0.25) is 10.1 Å². The second-order valence-electron chi connectivity index (χ2n) is 2.68. The fourth-order valence-electron chi connectivity index (χ4n) is 1.09. The van der Waals surface area contributed by atoms with Gasteiger partial charge in [0.05, 0.1) is 9.95 Å². The molecule has 7 heteroatoms. The summed E-state index contributed by atoms with van der Waals surface area (Å²) in [6, 6.07) is 1.27. The van der Waals surface area contributed by atoms with Crippen LogP contribution in [-0.2, 0) is 6.42 Å². The van der Waals surface area contributed by atoms with E-state index >= 15 is 0 Å². The molecule has 15 heavy (non-hydrogen) atoms. The Morgan fingerprint density at radius 3 is 2.87 bits per heavy atom. The van der Waals surface area contributed by atoms with Crippen LogP contribution < -0.4 is 0 Å². The van der Waals surface area contributed by atoms with E-state index in [1.165, 1.54) is 17.8 Å². The second kappa shape index (κ2) is 5.29. The normalized spacial score (nSPS) is 10.3. The van der Waals surface area contributed by atoms with E-state index in [9.17, 15) is 10.1 Å². The molecule has 1 rings (SSSR count). The number of thioether (sulfide) groups is 1. The van der Waals surface area contributed by atoms with Crippen LogP contribution in [0.15, 0.2) is 11.1 Å². The molecule has 5 nitrogen and oxygen atoms in total. The zero-order chi connectivity index (χ0) is 11.4. The van der Waals surface area contributed by atoms with Crippen molar-refractivity contribution >= 4 is 29.1 Å². The number of aliphatic hydroxyl groups excluding tert-OH is 1. The summed E-state index contributed by atoms with van der Waals surface area (Å²) in [4.78, 5) is 14.2. The van der Waals surface area contributed by atoms with Gasteiger partial charge in [-0.2, -0.15) is 0 Å². The maximum Gasteiger partial charge on any atom is 0.292 e. The van der Waals surface area contributed by atoms with Gasteiger partial charge in [-0.1, -0.05) is 11.6 Å². The third-order valence-corrected chi connectivity index (χ3v) is 2.84. The predicted octanol–water partition coefficient (Wildman–Crippen LogP) is 1.90. The first-order valence-corrected chi connectivity index (χ1v) is 5.69. The molecular weight excluding hydrogens is 240 g/mol. The monoisotopic (exact) mass is 248 g/mol. The highest BCUT2D eigenvalue weighted by Gasteiger charge is 2.18. The lowest BCUT2D eigenvalue weighted by Crippen LogP contribution is -2.02. The fourth-order valence-corrected chi connectivity index (χ4v) is 1.92. The molecule has 0 radical (unpaired) electrons. The van der Waals surface area contributed by atoms with Crippen LogP contribution in [0.5, 0.6) is 0 Å². The standard InChI is InChI=1S/C8H9ClN2O3S/c1-15-8-5(9)4-7(11(13)14)6(10-8)2-3-12/h4,12H,2-3H2,1H3. The van der Waals surface area contributed by atoms with E-state index < -0.39 is 4.92 Å². The Bertz CT molecular complexity index is 386. The molecule has 0 atom stereocenters. The molecule has 0 aromatic carbocycles. The first-order chi connectivity index (χ1) is 7.10. The largest absolute Gasteiger partial charge is 0.396 e. The summed E-state index contributed by atoms with van der Waals surface area (Å²) in [6.45, 7) is -0.177. The maximum atomic E-state index is 10.7. The number of aromatic nitrogens is 1. The minimum absolute atomic E-state index is 0.146. The van der Waals surface area contributed by atoms with Gasteiger partial charge in [0.25, 0.3) is 5.69 Å². The lowest BCUT2D eigenvalue weighted by atomic mass is 10.2. The predicted molar refractivity (Wildman–Crippen MR) is 58.5 cm³/mol. The Morgan fingerprint density at radius 2 is 2.40 bits per heavy atom. The average Bonchev–Trinajstić information content (AvgIpc) is 2.20. The molecule has 0 aliphatic carbocycles. The summed E-state index contributed by atoms with van der Waals surface area (Å²) in [7, 11) is 0. The number of aliphatic hydroxyl groups is 1. The topological polar surface area (TPSA) is 76.3 Å². The summed E-state index contributed by atoms with van der Waals surface area (Å²) < 4.78 is 0. The van der Waals surface area contributed by atoms with Gasteiger partial charge in [-0.05, 0) is 6.26 Å². The smallest absolute Gasteiger partial charge is 0.292 e. The molecule has 0 saturated carbocycles. The van der Waals surface area contributed by atoms with E-state index in [0.717, 1.165) is 0 Å². The quantitative estimate of drug-likeness (QED) is 0.500. The summed E-state index contributed by atoms with van der Waals surface area (Å²) in [6.07, 6.45) is 1.93. The molecule has 1 aromatic heterocycles. The van der Waals surface area contributed by atoms with E-state index in [0.29, 0.717) is 5.03 Å². The van der Waals surface area contributed by atoms with Gasteiger partial charge in [0.1, 0.15) is 10.7 Å². The van der Waals surface area contributed by atoms with Crippen molar-refractivity contribution in [2.24, 2.45) is 0 Å². The van der Waals surface area contributed by atoms with E-state index in [2.05, 4.69) is 4.98 Å². The second-order valence-corrected chi connectivity index (χ2v) is 3.88. The number of pyridine rings is 1. The molecule has 0 aliphatic heterocycles. The van der Waals surface area contributed by atoms with Crippen LogP contribution >= 0.6 is 23.4 Å². The van der Waals surface area contributed by atoms with Crippen molar-refractivity contribution in [3.63, 3.8) is 0 Å². The fraction of sp³-hybridized carbons (Fsp3) is 0.375. The number of rotatable bonds is 4. The van der Waals surface area contributed by atoms with Gasteiger partial charge in [0.2, 0.25) is 0 Å². The minimum atomic E-state index is -0.548. The molecular formula is C8H9ClN2O3S. The van der Waals surface area contributed by atoms with Crippen LogP contribution in [0.1, 0.15) is 5.69 Å². The SMILES string of the molecule is CSc1nc(CCO)c([N+](=O)[O-])cc1Cl. The molecule has 0 unspecified atom stereocenters. The first-order valence-electron chi connectivity index (χ1n) is 4.08. The Labute approximate surface area is 95.6 Å². The molecule has 82 valence electrons. The van der Waals surface area contributed by atoms with E-state index in [1.807, 2.05) is 0 Å². The molecule has 1 N–H and O–H groups in total. The van der Waals surface area contributed by atoms with Crippen molar-refractivity contribution in [3.8, 4) is 0 Å². The van der Waals surface area contributed by atoms with Crippen LogP contribution in [0.25, 0.3) is 0 Å². The van der Waals surface area contributed by atoms with Gasteiger partial charge < -0.3 is 5.11 Å². The molecule has 0 saturated heterocycles. The number of hydrogen-bond donors (Lipinski definition) is 1. The van der Waals surface area contributed by atoms with Crippen LogP contribution in [0.3, 0.4) is 0 Å². The molecule has 0 amide bonds. The highest BCUT2D eigenvalue weighted by molar-refractivity contribution is 7.98. The van der Waals surface area contributed by atoms with E-state index in [4.69, 9.17) is 16.7 Å². The van der Waals surface area contributed by atoms with Gasteiger partial charge >= 0.3 is 0 Å². The van der Waals surface area contributed by atoms with Gasteiger partial charge in [-0.25, -0.2) is 4.98 Å². The lowest BCUT2D eigenvalue weighted by Gasteiger charge is -2.04. The third kappa shape index (κ3) is 2.80. The molecule has 0 fully saturated rings. The highest BCUT2D eigenvalue weighted by Crippen LogP contribution is 2.29.